The largest absolute Gasteiger partial charge is 0.490 e. The van der Waals surface area contributed by atoms with Crippen LogP contribution in [0.1, 0.15) is 11.1 Å². The van der Waals surface area contributed by atoms with Crippen molar-refractivity contribution in [2.75, 3.05) is 13.2 Å². The van der Waals surface area contributed by atoms with E-state index in [1.54, 1.807) is 6.08 Å². The average molecular weight is 510 g/mol. The molecule has 7 heteroatoms. The predicted molar refractivity (Wildman–Crippen MR) is 130 cm³/mol. The zero-order chi connectivity index (χ0) is 22.3. The van der Waals surface area contributed by atoms with Gasteiger partial charge in [-0.25, -0.2) is 0 Å². The van der Waals surface area contributed by atoms with Gasteiger partial charge in [0.05, 0.1) is 11.4 Å². The maximum Gasteiger partial charge on any atom is 0.293 e. The van der Waals surface area contributed by atoms with E-state index < -0.39 is 0 Å². The van der Waals surface area contributed by atoms with Gasteiger partial charge in [-0.2, -0.15) is 0 Å². The van der Waals surface area contributed by atoms with Crippen LogP contribution in [-0.2, 0) is 11.3 Å². The van der Waals surface area contributed by atoms with E-state index in [0.717, 1.165) is 33.1 Å². The molecule has 1 aliphatic heterocycles. The van der Waals surface area contributed by atoms with Crippen LogP contribution in [0.25, 0.3) is 6.08 Å². The molecule has 0 radical (unpaired) electrons. The molecule has 1 aliphatic rings. The lowest BCUT2D eigenvalue weighted by atomic mass is 10.2. The summed E-state index contributed by atoms with van der Waals surface area (Å²) in [4.78, 5) is 26.9. The summed E-state index contributed by atoms with van der Waals surface area (Å²) in [6.07, 6.45) is 1.72. The molecule has 0 N–H and O–H groups in total. The van der Waals surface area contributed by atoms with Crippen molar-refractivity contribution in [1.82, 2.24) is 4.90 Å². The van der Waals surface area contributed by atoms with Crippen LogP contribution in [0.2, 0.25) is 0 Å². The van der Waals surface area contributed by atoms with Crippen molar-refractivity contribution >= 4 is 44.9 Å². The van der Waals surface area contributed by atoms with E-state index in [1.165, 1.54) is 4.90 Å². The second kappa shape index (κ2) is 10.5. The van der Waals surface area contributed by atoms with Crippen LogP contribution in [0.3, 0.4) is 0 Å². The maximum absolute atomic E-state index is 12.8. The van der Waals surface area contributed by atoms with E-state index in [2.05, 4.69) is 15.9 Å². The van der Waals surface area contributed by atoms with Crippen LogP contribution in [0, 0.1) is 0 Å². The van der Waals surface area contributed by atoms with E-state index >= 15 is 0 Å². The van der Waals surface area contributed by atoms with Gasteiger partial charge in [0.1, 0.15) is 24.7 Å². The van der Waals surface area contributed by atoms with Gasteiger partial charge in [0.25, 0.3) is 11.1 Å². The van der Waals surface area contributed by atoms with Gasteiger partial charge in [-0.3, -0.25) is 14.5 Å². The molecule has 1 saturated heterocycles. The Hall–Kier alpha value is -3.03. The summed E-state index contributed by atoms with van der Waals surface area (Å²) in [5.41, 5.74) is 1.67. The van der Waals surface area contributed by atoms with E-state index in [4.69, 9.17) is 9.47 Å². The van der Waals surface area contributed by atoms with Gasteiger partial charge < -0.3 is 9.47 Å². The molecule has 162 valence electrons. The number of halogens is 1. The highest BCUT2D eigenvalue weighted by molar-refractivity contribution is 9.10. The summed E-state index contributed by atoms with van der Waals surface area (Å²) in [6.45, 7) is 1.04. The first-order valence-corrected chi connectivity index (χ1v) is 11.6. The molecule has 32 heavy (non-hydrogen) atoms. The number of carbonyl (C=O) groups is 2. The summed E-state index contributed by atoms with van der Waals surface area (Å²) in [5, 5.41) is -0.275. The first-order valence-electron chi connectivity index (χ1n) is 9.99. The SMILES string of the molecule is O=C1S/C(=C/c2cccc(OCCOc3ccccc3)c2)C(=O)N1Cc1ccccc1Br. The first-order chi connectivity index (χ1) is 15.6. The van der Waals surface area contributed by atoms with Crippen molar-refractivity contribution in [3.05, 3.63) is 99.4 Å². The number of imide groups is 1. The van der Waals surface area contributed by atoms with Gasteiger partial charge in [-0.15, -0.1) is 0 Å². The Bertz CT molecular complexity index is 1150. The van der Waals surface area contributed by atoms with Crippen LogP contribution in [0.4, 0.5) is 4.79 Å². The minimum Gasteiger partial charge on any atom is -0.490 e. The third kappa shape index (κ3) is 5.60. The van der Waals surface area contributed by atoms with Crippen molar-refractivity contribution in [2.24, 2.45) is 0 Å². The van der Waals surface area contributed by atoms with Crippen LogP contribution < -0.4 is 9.47 Å². The van der Waals surface area contributed by atoms with Crippen molar-refractivity contribution < 1.29 is 19.1 Å². The van der Waals surface area contributed by atoms with Crippen LogP contribution >= 0.6 is 27.7 Å². The molecule has 3 aromatic carbocycles. The normalized spacial score (nSPS) is 14.8. The molecule has 1 fully saturated rings. The fourth-order valence-electron chi connectivity index (χ4n) is 3.11. The zero-order valence-electron chi connectivity index (χ0n) is 17.1. The summed E-state index contributed by atoms with van der Waals surface area (Å²) in [6, 6.07) is 24.5. The minimum absolute atomic E-state index is 0.230. The number of amides is 2. The lowest BCUT2D eigenvalue weighted by molar-refractivity contribution is -0.123. The highest BCUT2D eigenvalue weighted by atomic mass is 79.9. The molecule has 0 aromatic heterocycles. The maximum atomic E-state index is 12.8. The second-order valence-corrected chi connectivity index (χ2v) is 8.79. The summed E-state index contributed by atoms with van der Waals surface area (Å²) < 4.78 is 12.3. The highest BCUT2D eigenvalue weighted by Gasteiger charge is 2.35. The van der Waals surface area contributed by atoms with Crippen molar-refractivity contribution in [2.45, 2.75) is 6.54 Å². The van der Waals surface area contributed by atoms with Gasteiger partial charge in [0, 0.05) is 4.47 Å². The number of ether oxygens (including phenoxy) is 2. The Morgan fingerprint density at radius 2 is 1.53 bits per heavy atom. The monoisotopic (exact) mass is 509 g/mol. The number of nitrogens with zero attached hydrogens (tertiary/aromatic N) is 1. The number of hydrogen-bond donors (Lipinski definition) is 0. The van der Waals surface area contributed by atoms with Crippen LogP contribution in [-0.4, -0.2) is 29.3 Å². The van der Waals surface area contributed by atoms with Gasteiger partial charge >= 0.3 is 0 Å². The Morgan fingerprint density at radius 3 is 2.31 bits per heavy atom. The fraction of sp³-hybridized carbons (Fsp3) is 0.120. The number of hydrogen-bond acceptors (Lipinski definition) is 5. The Morgan fingerprint density at radius 1 is 0.844 bits per heavy atom. The smallest absolute Gasteiger partial charge is 0.293 e. The summed E-state index contributed by atoms with van der Waals surface area (Å²) in [5.74, 6) is 1.17. The quantitative estimate of drug-likeness (QED) is 0.269. The number of thioether (sulfide) groups is 1. The zero-order valence-corrected chi connectivity index (χ0v) is 19.5. The van der Waals surface area contributed by atoms with Crippen molar-refractivity contribution in [1.29, 1.82) is 0 Å². The lowest BCUT2D eigenvalue weighted by Gasteiger charge is -2.13. The third-order valence-corrected chi connectivity index (χ3v) is 6.36. The lowest BCUT2D eigenvalue weighted by Crippen LogP contribution is -2.27. The summed E-state index contributed by atoms with van der Waals surface area (Å²) >= 11 is 4.41. The van der Waals surface area contributed by atoms with Gasteiger partial charge in [0.15, 0.2) is 0 Å². The molecule has 0 spiro atoms. The molecule has 3 aromatic rings. The third-order valence-electron chi connectivity index (χ3n) is 4.68. The first kappa shape index (κ1) is 22.2. The molecule has 2 amide bonds. The number of rotatable bonds is 8. The van der Waals surface area contributed by atoms with Crippen molar-refractivity contribution in [3.63, 3.8) is 0 Å². The van der Waals surface area contributed by atoms with E-state index in [1.807, 2.05) is 78.9 Å². The van der Waals surface area contributed by atoms with E-state index in [-0.39, 0.29) is 17.7 Å². The fourth-order valence-corrected chi connectivity index (χ4v) is 4.36. The van der Waals surface area contributed by atoms with Crippen LogP contribution in [0.5, 0.6) is 11.5 Å². The molecule has 0 unspecified atom stereocenters. The molecule has 5 nitrogen and oxygen atoms in total. The summed E-state index contributed by atoms with van der Waals surface area (Å²) in [7, 11) is 0. The average Bonchev–Trinajstić information content (AvgIpc) is 3.06. The van der Waals surface area contributed by atoms with Crippen LogP contribution in [0.15, 0.2) is 88.2 Å². The predicted octanol–water partition coefficient (Wildman–Crippen LogP) is 6.14. The Balaban J connectivity index is 1.37. The molecule has 4 rings (SSSR count). The molecule has 0 bridgehead atoms. The molecule has 0 atom stereocenters. The molecular weight excluding hydrogens is 490 g/mol. The van der Waals surface area contributed by atoms with E-state index in [0.29, 0.717) is 23.9 Å². The standard InChI is InChI=1S/C25H20BrNO4S/c26-22-12-5-4-8-19(22)17-27-24(28)23(32-25(27)29)16-18-7-6-11-21(15-18)31-14-13-30-20-9-2-1-3-10-20/h1-12,15-16H,13-14,17H2/b23-16+. The van der Waals surface area contributed by atoms with Crippen molar-refractivity contribution in [3.8, 4) is 11.5 Å². The molecular formula is C25H20BrNO4S. The van der Waals surface area contributed by atoms with Gasteiger partial charge in [0.2, 0.25) is 0 Å². The molecule has 0 saturated carbocycles. The van der Waals surface area contributed by atoms with Gasteiger partial charge in [-0.1, -0.05) is 64.5 Å². The Labute approximate surface area is 199 Å². The minimum atomic E-state index is -0.293. The molecule has 1 heterocycles. The van der Waals surface area contributed by atoms with E-state index in [9.17, 15) is 9.59 Å². The number of benzene rings is 3. The topological polar surface area (TPSA) is 55.8 Å². The second-order valence-electron chi connectivity index (χ2n) is 6.94. The highest BCUT2D eigenvalue weighted by Crippen LogP contribution is 2.34. The van der Waals surface area contributed by atoms with Gasteiger partial charge in [-0.05, 0) is 59.3 Å². The number of para-hydroxylation sites is 1. The Kier molecular flexibility index (Phi) is 7.29. The number of carbonyl (C=O) groups excluding carboxylic acids is 2. The molecule has 0 aliphatic carbocycles.